The van der Waals surface area contributed by atoms with Gasteiger partial charge in [0.15, 0.2) is 20.0 Å². The van der Waals surface area contributed by atoms with Crippen LogP contribution in [0.25, 0.3) is 0 Å². The first-order chi connectivity index (χ1) is 22.9. The SMILES string of the molecule is C=CC[C@]1(C)[C@@H](O[Si](C)(C)C(C)(C)C)C[C@H]2OC[C@@]2(OCc2ccccc2)[C@H]1[C@@H]1OC(=O)O[C@]12CCC(C)=C(OS(=O)(=O)C(F)(F)F)C2(C)C. The molecule has 7 atom stereocenters. The highest BCUT2D eigenvalue weighted by molar-refractivity contribution is 7.87. The van der Waals surface area contributed by atoms with Crippen molar-refractivity contribution in [1.82, 2.24) is 0 Å². The third kappa shape index (κ3) is 6.14. The van der Waals surface area contributed by atoms with Crippen molar-refractivity contribution in [2.24, 2.45) is 16.7 Å². The lowest BCUT2D eigenvalue weighted by molar-refractivity contribution is -0.353. The third-order valence-electron chi connectivity index (χ3n) is 12.2. The van der Waals surface area contributed by atoms with Crippen LogP contribution in [0.2, 0.25) is 18.1 Å². The van der Waals surface area contributed by atoms with E-state index in [4.69, 9.17) is 27.6 Å². The fourth-order valence-electron chi connectivity index (χ4n) is 8.35. The number of cyclic esters (lactones) is 1. The number of hydrogen-bond donors (Lipinski definition) is 0. The van der Waals surface area contributed by atoms with Crippen molar-refractivity contribution in [1.29, 1.82) is 0 Å². The minimum atomic E-state index is -6.05. The van der Waals surface area contributed by atoms with E-state index in [1.807, 2.05) is 30.3 Å². The number of allylic oxidation sites excluding steroid dienone is 2. The van der Waals surface area contributed by atoms with Crippen molar-refractivity contribution in [3.8, 4) is 0 Å². The van der Waals surface area contributed by atoms with Gasteiger partial charge in [0.05, 0.1) is 30.8 Å². The quantitative estimate of drug-likeness (QED) is 0.0766. The number of halogens is 3. The van der Waals surface area contributed by atoms with Crippen LogP contribution < -0.4 is 0 Å². The second kappa shape index (κ2) is 12.6. The summed E-state index contributed by atoms with van der Waals surface area (Å²) < 4.78 is 104. The van der Waals surface area contributed by atoms with Crippen molar-refractivity contribution in [2.75, 3.05) is 6.61 Å². The van der Waals surface area contributed by atoms with Gasteiger partial charge in [0.25, 0.3) is 0 Å². The van der Waals surface area contributed by atoms with Crippen LogP contribution in [-0.2, 0) is 44.3 Å². The average Bonchev–Trinajstić information content (AvgIpc) is 3.32. The molecule has 1 aromatic rings. The average molecular weight is 745 g/mol. The predicted molar refractivity (Wildman–Crippen MR) is 183 cm³/mol. The number of alkyl halides is 3. The lowest BCUT2D eigenvalue weighted by atomic mass is 9.49. The third-order valence-corrected chi connectivity index (χ3v) is 17.7. The summed E-state index contributed by atoms with van der Waals surface area (Å²) in [5.41, 5.74) is -9.59. The van der Waals surface area contributed by atoms with Gasteiger partial charge in [-0.2, -0.15) is 21.6 Å². The molecule has 9 nitrogen and oxygen atoms in total. The second-order valence-electron chi connectivity index (χ2n) is 16.6. The number of hydrogen-bond acceptors (Lipinski definition) is 9. The first kappa shape index (κ1) is 38.8. The van der Waals surface area contributed by atoms with Gasteiger partial charge in [-0.1, -0.05) is 64.1 Å². The Morgan fingerprint density at radius 2 is 1.74 bits per heavy atom. The normalized spacial score (nSPS) is 34.4. The van der Waals surface area contributed by atoms with E-state index < -0.39 is 82.1 Å². The Morgan fingerprint density at radius 3 is 2.28 bits per heavy atom. The monoisotopic (exact) mass is 744 g/mol. The van der Waals surface area contributed by atoms with E-state index in [1.165, 1.54) is 20.8 Å². The van der Waals surface area contributed by atoms with E-state index in [1.54, 1.807) is 6.08 Å². The van der Waals surface area contributed by atoms with Gasteiger partial charge >= 0.3 is 21.8 Å². The highest BCUT2D eigenvalue weighted by Gasteiger charge is 2.76. The topological polar surface area (TPSA) is 107 Å². The molecule has 3 fully saturated rings. The standard InChI is InChI=1S/C36H51F3O9SSi/c1-11-18-33(8)25(48-50(9,10)31(3,4)5)20-26-34(22-43-26,44-21-24-15-13-12-14-16-24)27(33)29-35(46-30(40)45-29)19-17-23(2)28(32(35,6)7)47-49(41,42)36(37,38)39/h11-16,25-27,29H,1,17-22H2,2-10H3/t25-,26+,27-,29-,33+,34-,35+/m0/s1. The summed E-state index contributed by atoms with van der Waals surface area (Å²) >= 11 is 0. The van der Waals surface area contributed by atoms with Gasteiger partial charge in [-0.25, -0.2) is 4.79 Å². The van der Waals surface area contributed by atoms with Crippen LogP contribution in [0.15, 0.2) is 54.3 Å². The van der Waals surface area contributed by atoms with E-state index in [9.17, 15) is 26.4 Å². The Kier molecular flexibility index (Phi) is 9.81. The van der Waals surface area contributed by atoms with Crippen LogP contribution >= 0.6 is 0 Å². The van der Waals surface area contributed by atoms with E-state index in [0.29, 0.717) is 18.4 Å². The lowest BCUT2D eigenvalue weighted by Crippen LogP contribution is -2.78. The first-order valence-corrected chi connectivity index (χ1v) is 21.4. The van der Waals surface area contributed by atoms with Crippen LogP contribution in [0.5, 0.6) is 0 Å². The molecular weight excluding hydrogens is 694 g/mol. The Morgan fingerprint density at radius 1 is 1.10 bits per heavy atom. The second-order valence-corrected chi connectivity index (χ2v) is 22.9. The van der Waals surface area contributed by atoms with Gasteiger partial charge in [-0.15, -0.1) is 6.58 Å². The summed E-state index contributed by atoms with van der Waals surface area (Å²) in [6.07, 6.45) is -0.140. The molecule has 1 aromatic carbocycles. The van der Waals surface area contributed by atoms with Gasteiger partial charge in [-0.05, 0) is 69.3 Å². The summed E-state index contributed by atoms with van der Waals surface area (Å²) in [6.45, 7) is 21.9. The van der Waals surface area contributed by atoms with Gasteiger partial charge in [-0.3, -0.25) is 0 Å². The summed E-state index contributed by atoms with van der Waals surface area (Å²) in [6, 6.07) is 9.61. The molecule has 0 bridgehead atoms. The molecule has 0 unspecified atom stereocenters. The molecule has 5 rings (SSSR count). The van der Waals surface area contributed by atoms with E-state index >= 15 is 0 Å². The molecule has 2 heterocycles. The summed E-state index contributed by atoms with van der Waals surface area (Å²) in [5.74, 6) is -1.14. The highest BCUT2D eigenvalue weighted by Crippen LogP contribution is 2.65. The summed E-state index contributed by atoms with van der Waals surface area (Å²) in [7, 11) is -8.48. The molecule has 0 amide bonds. The van der Waals surface area contributed by atoms with E-state index in [2.05, 4.69) is 47.4 Å². The summed E-state index contributed by atoms with van der Waals surface area (Å²) in [5, 5.41) is -0.148. The van der Waals surface area contributed by atoms with Gasteiger partial charge in [0.1, 0.15) is 11.4 Å². The van der Waals surface area contributed by atoms with Crippen LogP contribution in [-0.4, -0.2) is 64.5 Å². The van der Waals surface area contributed by atoms with Gasteiger partial charge in [0.2, 0.25) is 0 Å². The molecule has 0 radical (unpaired) electrons. The minimum absolute atomic E-state index is 0.0892. The number of carbonyl (C=O) groups is 1. The van der Waals surface area contributed by atoms with Crippen LogP contribution in [0.1, 0.15) is 79.7 Å². The van der Waals surface area contributed by atoms with Crippen molar-refractivity contribution >= 4 is 24.6 Å². The molecule has 2 aliphatic carbocycles. The molecule has 0 N–H and O–H groups in total. The Hall–Kier alpha value is -2.39. The highest BCUT2D eigenvalue weighted by atomic mass is 32.2. The number of fused-ring (bicyclic) bond motifs is 1. The maximum atomic E-state index is 13.7. The molecule has 0 aromatic heterocycles. The Labute approximate surface area is 295 Å². The zero-order valence-corrected chi connectivity index (χ0v) is 32.3. The number of rotatable bonds is 10. The molecule has 4 aliphatic rings. The van der Waals surface area contributed by atoms with E-state index in [0.717, 1.165) is 5.56 Å². The number of ether oxygens (including phenoxy) is 4. The smallest absolute Gasteiger partial charge is 0.426 e. The predicted octanol–water partition coefficient (Wildman–Crippen LogP) is 8.57. The van der Waals surface area contributed by atoms with Crippen LogP contribution in [0.4, 0.5) is 18.0 Å². The number of benzene rings is 1. The van der Waals surface area contributed by atoms with E-state index in [-0.39, 0.29) is 31.1 Å². The molecule has 1 saturated carbocycles. The zero-order chi connectivity index (χ0) is 37.3. The van der Waals surface area contributed by atoms with Crippen molar-refractivity contribution in [2.45, 2.75) is 134 Å². The maximum Gasteiger partial charge on any atom is 0.534 e. The van der Waals surface area contributed by atoms with Crippen LogP contribution in [0.3, 0.4) is 0 Å². The fourth-order valence-corrected chi connectivity index (χ4v) is 10.4. The zero-order valence-electron chi connectivity index (χ0n) is 30.4. The minimum Gasteiger partial charge on any atom is -0.426 e. The van der Waals surface area contributed by atoms with Crippen molar-refractivity contribution in [3.05, 3.63) is 59.9 Å². The van der Waals surface area contributed by atoms with Crippen molar-refractivity contribution in [3.63, 3.8) is 0 Å². The van der Waals surface area contributed by atoms with Crippen molar-refractivity contribution < 1.29 is 53.9 Å². The molecular formula is C36H51F3O9SSi. The fraction of sp³-hybridized carbons (Fsp3) is 0.694. The molecule has 2 saturated heterocycles. The summed E-state index contributed by atoms with van der Waals surface area (Å²) in [4.78, 5) is 13.5. The van der Waals surface area contributed by atoms with Gasteiger partial charge in [0, 0.05) is 17.8 Å². The molecule has 1 spiro atoms. The Balaban J connectivity index is 1.70. The van der Waals surface area contributed by atoms with Gasteiger partial charge < -0.3 is 27.6 Å². The lowest BCUT2D eigenvalue weighted by Gasteiger charge is -2.66. The van der Waals surface area contributed by atoms with Crippen LogP contribution in [0, 0.1) is 16.7 Å². The number of carbonyl (C=O) groups excluding carboxylic acids is 1. The first-order valence-electron chi connectivity index (χ1n) is 17.1. The molecule has 280 valence electrons. The Bertz CT molecular complexity index is 1620. The maximum absolute atomic E-state index is 13.7. The largest absolute Gasteiger partial charge is 0.534 e. The molecule has 2 aliphatic heterocycles. The molecule has 50 heavy (non-hydrogen) atoms. The molecule has 14 heteroatoms.